The van der Waals surface area contributed by atoms with Crippen LogP contribution in [0.25, 0.3) is 0 Å². The number of amides is 1. The van der Waals surface area contributed by atoms with Crippen molar-refractivity contribution in [3.05, 3.63) is 122 Å². The summed E-state index contributed by atoms with van der Waals surface area (Å²) in [6, 6.07) is -0.813. The fourth-order valence-corrected chi connectivity index (χ4v) is 10.0. The minimum atomic E-state index is -1.57. The second-order valence-electron chi connectivity index (χ2n) is 22.9. The molecule has 0 radical (unpaired) electrons. The molecular weight excluding hydrogens is 1020 g/mol. The Balaban J connectivity index is 2.12. The van der Waals surface area contributed by atoms with E-state index in [-0.39, 0.29) is 12.5 Å². The Morgan fingerprint density at radius 3 is 1.12 bits per heavy atom. The number of rotatable bonds is 57. The summed E-state index contributed by atoms with van der Waals surface area (Å²) in [7, 11) is 0. The van der Waals surface area contributed by atoms with E-state index in [4.69, 9.17) is 9.47 Å². The smallest absolute Gasteiger partial charge is 0.220 e. The van der Waals surface area contributed by atoms with Gasteiger partial charge in [0, 0.05) is 6.42 Å². The fraction of sp³-hybridized carbons (Fsp3) is 0.712. The molecular formula is C73H125NO8. The van der Waals surface area contributed by atoms with Crippen molar-refractivity contribution in [2.45, 2.75) is 320 Å². The van der Waals surface area contributed by atoms with E-state index >= 15 is 0 Å². The van der Waals surface area contributed by atoms with E-state index in [1.165, 1.54) is 161 Å². The summed E-state index contributed by atoms with van der Waals surface area (Å²) in [6.07, 6.45) is 84.3. The average Bonchev–Trinajstić information content (AvgIpc) is 3.57. The monoisotopic (exact) mass is 1140 g/mol. The molecule has 0 aliphatic carbocycles. The first-order valence-corrected chi connectivity index (χ1v) is 33.8. The lowest BCUT2D eigenvalue weighted by atomic mass is 9.99. The van der Waals surface area contributed by atoms with Gasteiger partial charge in [-0.05, 0) is 89.9 Å². The van der Waals surface area contributed by atoms with Crippen molar-refractivity contribution < 1.29 is 39.8 Å². The number of unbranched alkanes of at least 4 members (excludes halogenated alkanes) is 29. The summed E-state index contributed by atoms with van der Waals surface area (Å²) in [6.45, 7) is 3.68. The van der Waals surface area contributed by atoms with Crippen molar-refractivity contribution in [3.8, 4) is 0 Å². The first kappa shape index (κ1) is 76.6. The molecule has 0 aromatic rings. The van der Waals surface area contributed by atoms with E-state index in [1.54, 1.807) is 6.08 Å². The quantitative estimate of drug-likeness (QED) is 0.0261. The molecule has 7 unspecified atom stereocenters. The number of allylic oxidation sites excluding steroid dienone is 19. The van der Waals surface area contributed by atoms with Gasteiger partial charge in [0.15, 0.2) is 6.29 Å². The Labute approximate surface area is 503 Å². The van der Waals surface area contributed by atoms with Crippen LogP contribution < -0.4 is 5.32 Å². The molecule has 0 aromatic carbocycles. The molecule has 82 heavy (non-hydrogen) atoms. The lowest BCUT2D eigenvalue weighted by Crippen LogP contribution is -2.60. The number of carbonyl (C=O) groups is 1. The van der Waals surface area contributed by atoms with Crippen LogP contribution in [0.5, 0.6) is 0 Å². The van der Waals surface area contributed by atoms with Crippen molar-refractivity contribution in [3.63, 3.8) is 0 Å². The highest BCUT2D eigenvalue weighted by Gasteiger charge is 2.44. The van der Waals surface area contributed by atoms with Gasteiger partial charge in [-0.15, -0.1) is 0 Å². The summed E-state index contributed by atoms with van der Waals surface area (Å²) < 4.78 is 11.3. The summed E-state index contributed by atoms with van der Waals surface area (Å²) in [5.74, 6) is -0.180. The third kappa shape index (κ3) is 48.9. The van der Waals surface area contributed by atoms with Gasteiger partial charge in [0.2, 0.25) is 5.91 Å². The van der Waals surface area contributed by atoms with Crippen LogP contribution >= 0.6 is 0 Å². The lowest BCUT2D eigenvalue weighted by Gasteiger charge is -2.40. The highest BCUT2D eigenvalue weighted by Crippen LogP contribution is 2.23. The van der Waals surface area contributed by atoms with Crippen molar-refractivity contribution in [1.29, 1.82) is 0 Å². The Morgan fingerprint density at radius 1 is 0.427 bits per heavy atom. The van der Waals surface area contributed by atoms with Gasteiger partial charge in [-0.1, -0.05) is 302 Å². The first-order chi connectivity index (χ1) is 40.3. The summed E-state index contributed by atoms with van der Waals surface area (Å²) >= 11 is 0. The molecule has 0 aromatic heterocycles. The summed E-state index contributed by atoms with van der Waals surface area (Å²) in [4.78, 5) is 13.1. The van der Waals surface area contributed by atoms with Crippen LogP contribution in [-0.2, 0) is 14.3 Å². The van der Waals surface area contributed by atoms with E-state index in [2.05, 4.69) is 129 Å². The predicted molar refractivity (Wildman–Crippen MR) is 350 cm³/mol. The molecule has 1 saturated heterocycles. The van der Waals surface area contributed by atoms with E-state index in [1.807, 2.05) is 6.08 Å². The average molecular weight is 1140 g/mol. The number of aliphatic hydroxyl groups excluding tert-OH is 5. The molecule has 1 aliphatic rings. The van der Waals surface area contributed by atoms with Gasteiger partial charge in [-0.3, -0.25) is 4.79 Å². The van der Waals surface area contributed by atoms with Crippen molar-refractivity contribution >= 4 is 5.91 Å². The van der Waals surface area contributed by atoms with Gasteiger partial charge in [0.25, 0.3) is 0 Å². The molecule has 7 atom stereocenters. The summed E-state index contributed by atoms with van der Waals surface area (Å²) in [5, 5.41) is 54.7. The van der Waals surface area contributed by atoms with Gasteiger partial charge < -0.3 is 40.3 Å². The zero-order valence-electron chi connectivity index (χ0n) is 52.5. The van der Waals surface area contributed by atoms with Crippen LogP contribution in [0.2, 0.25) is 0 Å². The molecule has 1 fully saturated rings. The third-order valence-corrected chi connectivity index (χ3v) is 15.3. The maximum atomic E-state index is 13.1. The van der Waals surface area contributed by atoms with Crippen LogP contribution in [-0.4, -0.2) is 87.5 Å². The number of aliphatic hydroxyl groups is 5. The zero-order valence-corrected chi connectivity index (χ0v) is 52.5. The first-order valence-electron chi connectivity index (χ1n) is 33.8. The number of ether oxygens (including phenoxy) is 2. The van der Waals surface area contributed by atoms with E-state index in [0.717, 1.165) is 96.3 Å². The second-order valence-corrected chi connectivity index (χ2v) is 22.9. The van der Waals surface area contributed by atoms with Crippen LogP contribution in [0.15, 0.2) is 122 Å². The molecule has 1 heterocycles. The molecule has 0 bridgehead atoms. The van der Waals surface area contributed by atoms with E-state index < -0.39 is 49.5 Å². The number of nitrogens with one attached hydrogen (secondary N) is 1. The largest absolute Gasteiger partial charge is 0.394 e. The molecule has 1 rings (SSSR count). The molecule has 0 saturated carbocycles. The normalized spacial score (nSPS) is 19.1. The van der Waals surface area contributed by atoms with E-state index in [9.17, 15) is 30.3 Å². The Kier molecular flexibility index (Phi) is 56.7. The molecule has 470 valence electrons. The number of hydrogen-bond acceptors (Lipinski definition) is 8. The standard InChI is InChI=1S/C73H125NO8/c1-3-5-7-9-11-13-15-17-19-21-23-24-25-26-27-28-29-30-31-32-33-34-35-36-37-38-39-40-41-42-43-44-45-47-49-51-53-55-57-59-61-63-69(77)74-66(65-81-73-72(80)71(79)70(78)68(64-75)82-73)67(76)62-60-58-56-54-52-50-48-46-22-20-18-16-14-12-10-8-6-4-2/h5,7,11,13,17,19,23-24,26-27,29-30,32-33,35-36,38-39,60,62,66-68,70-73,75-76,78-80H,3-4,6,8-10,12,14-16,18,20-22,25,28,31,34,37,40-59,61,63-65H2,1-2H3,(H,74,77)/b7-5-,13-11-,19-17-,24-23-,27-26-,30-29-,33-32-,36-35-,39-38-,62-60+. The highest BCUT2D eigenvalue weighted by molar-refractivity contribution is 5.76. The van der Waals surface area contributed by atoms with Crippen molar-refractivity contribution in [1.82, 2.24) is 5.32 Å². The van der Waals surface area contributed by atoms with Gasteiger partial charge in [0.05, 0.1) is 25.4 Å². The minimum absolute atomic E-state index is 0.180. The fourth-order valence-electron chi connectivity index (χ4n) is 10.0. The predicted octanol–water partition coefficient (Wildman–Crippen LogP) is 18.2. The van der Waals surface area contributed by atoms with E-state index in [0.29, 0.717) is 6.42 Å². The molecule has 9 heteroatoms. The summed E-state index contributed by atoms with van der Waals surface area (Å²) in [5.41, 5.74) is 0. The highest BCUT2D eigenvalue weighted by atomic mass is 16.7. The van der Waals surface area contributed by atoms with Crippen LogP contribution in [0, 0.1) is 0 Å². The lowest BCUT2D eigenvalue weighted by molar-refractivity contribution is -0.302. The Bertz CT molecular complexity index is 1710. The van der Waals surface area contributed by atoms with Crippen molar-refractivity contribution in [2.24, 2.45) is 0 Å². The maximum Gasteiger partial charge on any atom is 0.220 e. The van der Waals surface area contributed by atoms with Gasteiger partial charge in [-0.25, -0.2) is 0 Å². The van der Waals surface area contributed by atoms with Crippen LogP contribution in [0.1, 0.15) is 277 Å². The number of carbonyl (C=O) groups excluding carboxylic acids is 1. The molecule has 1 amide bonds. The van der Waals surface area contributed by atoms with Crippen LogP contribution in [0.4, 0.5) is 0 Å². The number of hydrogen-bond donors (Lipinski definition) is 6. The SMILES string of the molecule is CC/C=C\C/C=C\C/C=C\C/C=C\C/C=C\C/C=C\C/C=C\C/C=C\C/C=C\CCCCCCCCCCCCCCCC(=O)NC(COC1OC(CO)C(O)C(O)C1O)C(O)/C=C/CCCCCCCCCCCCCCCCCC. The molecule has 1 aliphatic heterocycles. The second kappa shape index (κ2) is 60.7. The Hall–Kier alpha value is -3.41. The van der Waals surface area contributed by atoms with Gasteiger partial charge in [-0.2, -0.15) is 0 Å². The topological polar surface area (TPSA) is 149 Å². The zero-order chi connectivity index (χ0) is 59.3. The molecule has 0 spiro atoms. The maximum absolute atomic E-state index is 13.1. The van der Waals surface area contributed by atoms with Gasteiger partial charge in [0.1, 0.15) is 24.4 Å². The Morgan fingerprint density at radius 2 is 0.756 bits per heavy atom. The molecule has 9 nitrogen and oxygen atoms in total. The third-order valence-electron chi connectivity index (χ3n) is 15.3. The molecule has 6 N–H and O–H groups in total. The van der Waals surface area contributed by atoms with Crippen LogP contribution in [0.3, 0.4) is 0 Å². The minimum Gasteiger partial charge on any atom is -0.394 e. The van der Waals surface area contributed by atoms with Crippen molar-refractivity contribution in [2.75, 3.05) is 13.2 Å². The van der Waals surface area contributed by atoms with Gasteiger partial charge >= 0.3 is 0 Å².